The minimum absolute atomic E-state index is 0.454. The highest BCUT2D eigenvalue weighted by molar-refractivity contribution is 5.15. The van der Waals surface area contributed by atoms with Gasteiger partial charge < -0.3 is 10.6 Å². The highest BCUT2D eigenvalue weighted by Gasteiger charge is 2.44. The van der Waals surface area contributed by atoms with Crippen molar-refractivity contribution in [3.63, 3.8) is 0 Å². The molecule has 0 aromatic carbocycles. The number of nitriles is 1. The van der Waals surface area contributed by atoms with Crippen LogP contribution in [0.3, 0.4) is 0 Å². The minimum Gasteiger partial charge on any atom is -0.312 e. The maximum atomic E-state index is 9.23. The molecule has 0 spiro atoms. The zero-order valence-electron chi connectivity index (χ0n) is 10.4. The normalized spacial score (nSPS) is 30.3. The summed E-state index contributed by atoms with van der Waals surface area (Å²) in [5, 5.41) is 9.23. The van der Waals surface area contributed by atoms with Gasteiger partial charge in [-0.25, -0.2) is 0 Å². The Bertz CT molecular complexity index is 290. The Morgan fingerprint density at radius 1 is 1.44 bits per heavy atom. The molecule has 90 valence electrons. The summed E-state index contributed by atoms with van der Waals surface area (Å²) in [4.78, 5) is 2.40. The van der Waals surface area contributed by atoms with Gasteiger partial charge in [0.05, 0.1) is 6.07 Å². The van der Waals surface area contributed by atoms with Crippen molar-refractivity contribution < 1.29 is 0 Å². The molecule has 2 rings (SSSR count). The van der Waals surface area contributed by atoms with Gasteiger partial charge in [0.25, 0.3) is 0 Å². The molecule has 1 aliphatic carbocycles. The second kappa shape index (κ2) is 4.35. The molecule has 1 aliphatic heterocycles. The van der Waals surface area contributed by atoms with Crippen LogP contribution in [-0.4, -0.2) is 30.1 Å². The Morgan fingerprint density at radius 2 is 2.12 bits per heavy atom. The lowest BCUT2D eigenvalue weighted by atomic mass is 9.94. The summed E-state index contributed by atoms with van der Waals surface area (Å²) in [6.45, 7) is 7.60. The van der Waals surface area contributed by atoms with Crippen LogP contribution in [0.15, 0.2) is 0 Å². The molecule has 1 heterocycles. The van der Waals surface area contributed by atoms with Crippen LogP contribution in [0.5, 0.6) is 0 Å². The minimum atomic E-state index is -0.578. The summed E-state index contributed by atoms with van der Waals surface area (Å²) in [5.41, 5.74) is 5.62. The molecule has 3 nitrogen and oxygen atoms in total. The Morgan fingerprint density at radius 3 is 2.56 bits per heavy atom. The van der Waals surface area contributed by atoms with E-state index < -0.39 is 5.54 Å². The van der Waals surface area contributed by atoms with Gasteiger partial charge in [-0.05, 0) is 43.6 Å². The predicted octanol–water partition coefficient (Wildman–Crippen LogP) is 1.60. The smallest absolute Gasteiger partial charge is 0.119 e. The van der Waals surface area contributed by atoms with Crippen molar-refractivity contribution >= 4 is 0 Å². The lowest BCUT2D eigenvalue weighted by Crippen LogP contribution is -2.50. The lowest BCUT2D eigenvalue weighted by molar-refractivity contribution is 0.247. The number of rotatable bonds is 4. The van der Waals surface area contributed by atoms with E-state index >= 15 is 0 Å². The Labute approximate surface area is 98.6 Å². The third-order valence-electron chi connectivity index (χ3n) is 4.25. The van der Waals surface area contributed by atoms with Gasteiger partial charge in [-0.1, -0.05) is 13.8 Å². The average molecular weight is 221 g/mol. The van der Waals surface area contributed by atoms with E-state index in [-0.39, 0.29) is 0 Å². The maximum Gasteiger partial charge on any atom is 0.119 e. The zero-order chi connectivity index (χ0) is 11.8. The van der Waals surface area contributed by atoms with E-state index in [1.165, 1.54) is 6.42 Å². The zero-order valence-corrected chi connectivity index (χ0v) is 10.4. The van der Waals surface area contributed by atoms with Gasteiger partial charge in [0.15, 0.2) is 0 Å². The first kappa shape index (κ1) is 11.9. The van der Waals surface area contributed by atoms with E-state index in [1.807, 2.05) is 0 Å². The molecule has 1 saturated heterocycles. The van der Waals surface area contributed by atoms with Gasteiger partial charge in [-0.3, -0.25) is 0 Å². The van der Waals surface area contributed by atoms with Crippen LogP contribution in [0.1, 0.15) is 33.1 Å². The van der Waals surface area contributed by atoms with Crippen LogP contribution in [0, 0.1) is 29.1 Å². The van der Waals surface area contributed by atoms with Gasteiger partial charge in [0, 0.05) is 13.1 Å². The molecule has 1 saturated carbocycles. The second-order valence-corrected chi connectivity index (χ2v) is 5.95. The Kier molecular flexibility index (Phi) is 3.23. The first-order valence-corrected chi connectivity index (χ1v) is 6.47. The SMILES string of the molecule is CC(C)C1CCN(CC(N)(C#N)C2CC2)C1. The van der Waals surface area contributed by atoms with E-state index in [0.29, 0.717) is 5.92 Å². The Hall–Kier alpha value is -0.590. The monoisotopic (exact) mass is 221 g/mol. The quantitative estimate of drug-likeness (QED) is 0.784. The molecular formula is C13H23N3. The largest absolute Gasteiger partial charge is 0.312 e. The van der Waals surface area contributed by atoms with Crippen LogP contribution >= 0.6 is 0 Å². The van der Waals surface area contributed by atoms with E-state index in [1.54, 1.807) is 0 Å². The van der Waals surface area contributed by atoms with E-state index in [9.17, 15) is 5.26 Å². The number of likely N-dealkylation sites (tertiary alicyclic amines) is 1. The van der Waals surface area contributed by atoms with E-state index in [0.717, 1.165) is 44.3 Å². The van der Waals surface area contributed by atoms with Crippen LogP contribution in [-0.2, 0) is 0 Å². The molecular weight excluding hydrogens is 198 g/mol. The summed E-state index contributed by atoms with van der Waals surface area (Å²) >= 11 is 0. The summed E-state index contributed by atoms with van der Waals surface area (Å²) in [5.74, 6) is 2.00. The molecule has 2 N–H and O–H groups in total. The molecule has 0 amide bonds. The van der Waals surface area contributed by atoms with Crippen LogP contribution < -0.4 is 5.73 Å². The highest BCUT2D eigenvalue weighted by Crippen LogP contribution is 2.39. The first-order chi connectivity index (χ1) is 7.55. The van der Waals surface area contributed by atoms with Crippen LogP contribution in [0.2, 0.25) is 0 Å². The number of nitrogens with zero attached hydrogens (tertiary/aromatic N) is 2. The third kappa shape index (κ3) is 2.39. The van der Waals surface area contributed by atoms with Crippen molar-refractivity contribution in [2.24, 2.45) is 23.5 Å². The second-order valence-electron chi connectivity index (χ2n) is 5.95. The van der Waals surface area contributed by atoms with E-state index in [2.05, 4.69) is 24.8 Å². The van der Waals surface area contributed by atoms with Gasteiger partial charge in [-0.2, -0.15) is 5.26 Å². The molecule has 2 unspecified atom stereocenters. The fourth-order valence-electron chi connectivity index (χ4n) is 2.77. The standard InChI is InChI=1S/C13H23N3/c1-10(2)11-5-6-16(7-11)9-13(15,8-14)12-3-4-12/h10-12H,3-7,9,15H2,1-2H3. The van der Waals surface area contributed by atoms with Gasteiger partial charge >= 0.3 is 0 Å². The van der Waals surface area contributed by atoms with Crippen LogP contribution in [0.4, 0.5) is 0 Å². The molecule has 2 aliphatic rings. The van der Waals surface area contributed by atoms with Gasteiger partial charge in [-0.15, -0.1) is 0 Å². The molecule has 0 bridgehead atoms. The summed E-state index contributed by atoms with van der Waals surface area (Å²) in [6, 6.07) is 2.35. The number of hydrogen-bond acceptors (Lipinski definition) is 3. The summed E-state index contributed by atoms with van der Waals surface area (Å²) < 4.78 is 0. The average Bonchev–Trinajstić information content (AvgIpc) is 3.00. The maximum absolute atomic E-state index is 9.23. The van der Waals surface area contributed by atoms with Gasteiger partial charge in [0.1, 0.15) is 5.54 Å². The molecule has 0 radical (unpaired) electrons. The highest BCUT2D eigenvalue weighted by atomic mass is 15.2. The predicted molar refractivity (Wildman–Crippen MR) is 64.6 cm³/mol. The topological polar surface area (TPSA) is 53.0 Å². The molecule has 2 atom stereocenters. The van der Waals surface area contributed by atoms with Crippen molar-refractivity contribution in [2.45, 2.75) is 38.6 Å². The first-order valence-electron chi connectivity index (χ1n) is 6.47. The number of nitrogens with two attached hydrogens (primary N) is 1. The van der Waals surface area contributed by atoms with Crippen molar-refractivity contribution in [3.8, 4) is 6.07 Å². The van der Waals surface area contributed by atoms with Crippen LogP contribution in [0.25, 0.3) is 0 Å². The fraction of sp³-hybridized carbons (Fsp3) is 0.923. The molecule has 3 heteroatoms. The summed E-state index contributed by atoms with van der Waals surface area (Å²) in [6.07, 6.45) is 3.56. The van der Waals surface area contributed by atoms with Crippen molar-refractivity contribution in [3.05, 3.63) is 0 Å². The van der Waals surface area contributed by atoms with E-state index in [4.69, 9.17) is 5.73 Å². The van der Waals surface area contributed by atoms with Gasteiger partial charge in [0.2, 0.25) is 0 Å². The fourth-order valence-corrected chi connectivity index (χ4v) is 2.77. The molecule has 0 aromatic rings. The molecule has 2 fully saturated rings. The van der Waals surface area contributed by atoms with Crippen molar-refractivity contribution in [1.29, 1.82) is 5.26 Å². The number of hydrogen-bond donors (Lipinski definition) is 1. The molecule has 16 heavy (non-hydrogen) atoms. The van der Waals surface area contributed by atoms with Crippen molar-refractivity contribution in [2.75, 3.05) is 19.6 Å². The third-order valence-corrected chi connectivity index (χ3v) is 4.25. The summed E-state index contributed by atoms with van der Waals surface area (Å²) in [7, 11) is 0. The molecule has 0 aromatic heterocycles. The lowest BCUT2D eigenvalue weighted by Gasteiger charge is -2.27. The Balaban J connectivity index is 1.89. The van der Waals surface area contributed by atoms with Crippen molar-refractivity contribution in [1.82, 2.24) is 4.90 Å².